The van der Waals surface area contributed by atoms with Crippen molar-refractivity contribution in [2.24, 2.45) is 0 Å². The summed E-state index contributed by atoms with van der Waals surface area (Å²) in [4.78, 5) is 38.6. The van der Waals surface area contributed by atoms with E-state index in [9.17, 15) is 19.7 Å². The van der Waals surface area contributed by atoms with Crippen LogP contribution < -0.4 is 10.5 Å². The Hall–Kier alpha value is -3.49. The predicted octanol–water partition coefficient (Wildman–Crippen LogP) is 4.44. The Kier molecular flexibility index (Phi) is 12.4. The van der Waals surface area contributed by atoms with Gasteiger partial charge in [-0.05, 0) is 67.0 Å². The Morgan fingerprint density at radius 1 is 1.11 bits per heavy atom. The van der Waals surface area contributed by atoms with Crippen molar-refractivity contribution in [3.8, 4) is 5.75 Å². The van der Waals surface area contributed by atoms with Crippen molar-refractivity contribution in [3.63, 3.8) is 0 Å². The second-order valence-corrected chi connectivity index (χ2v) is 9.23. The number of thiol groups is 1. The van der Waals surface area contributed by atoms with Gasteiger partial charge in [0.2, 0.25) is 5.13 Å². The Morgan fingerprint density at radius 2 is 1.81 bits per heavy atom. The van der Waals surface area contributed by atoms with E-state index in [1.165, 1.54) is 11.3 Å². The molecule has 0 atom stereocenters. The van der Waals surface area contributed by atoms with Gasteiger partial charge in [-0.1, -0.05) is 23.5 Å². The Bertz CT molecular complexity index is 1180. The molecule has 0 aliphatic carbocycles. The zero-order valence-electron chi connectivity index (χ0n) is 19.0. The number of esters is 2. The number of carbonyl (C=O) groups excluding carboxylic acids is 2. The maximum absolute atomic E-state index is 12.1. The Balaban J connectivity index is 0.000000558. The molecule has 192 valence electrons. The van der Waals surface area contributed by atoms with Crippen LogP contribution in [0.3, 0.4) is 0 Å². The molecule has 14 heteroatoms. The first kappa shape index (κ1) is 28.7. The summed E-state index contributed by atoms with van der Waals surface area (Å²) in [6, 6.07) is 13.7. The summed E-state index contributed by atoms with van der Waals surface area (Å²) in [5, 5.41) is 15.7. The fourth-order valence-corrected chi connectivity index (χ4v) is 3.42. The Labute approximate surface area is 221 Å². The number of aromatic nitrogens is 2. The molecule has 0 fully saturated rings. The third-order valence-corrected chi connectivity index (χ3v) is 5.53. The molecule has 0 saturated carbocycles. The first-order chi connectivity index (χ1) is 17.2. The molecule has 2 aromatic carbocycles. The third kappa shape index (κ3) is 11.8. The van der Waals surface area contributed by atoms with Crippen LogP contribution >= 0.6 is 36.2 Å². The highest BCUT2D eigenvalue weighted by Gasteiger charge is 2.09. The molecule has 0 amide bonds. The highest BCUT2D eigenvalue weighted by atomic mass is 32.1. The average Bonchev–Trinajstić information content (AvgIpc) is 3.23. The van der Waals surface area contributed by atoms with Crippen LogP contribution in [0.2, 0.25) is 0 Å². The van der Waals surface area contributed by atoms with E-state index in [1.807, 2.05) is 0 Å². The van der Waals surface area contributed by atoms with Crippen molar-refractivity contribution in [1.82, 2.24) is 10.2 Å². The third-order valence-electron chi connectivity index (χ3n) is 4.32. The molecule has 0 saturated heterocycles. The van der Waals surface area contributed by atoms with E-state index >= 15 is 0 Å². The molecular formula is C22H24N4O7S3. The van der Waals surface area contributed by atoms with E-state index in [1.54, 1.807) is 48.5 Å². The van der Waals surface area contributed by atoms with Crippen LogP contribution in [0.15, 0.2) is 53.4 Å². The zero-order valence-corrected chi connectivity index (χ0v) is 21.5. The number of aromatic amines is 1. The summed E-state index contributed by atoms with van der Waals surface area (Å²) in [5.41, 5.74) is 6.55. The number of unbranched alkanes of at least 4 members (excludes halogenated alkanes) is 1. The number of rotatable bonds is 11. The van der Waals surface area contributed by atoms with Crippen LogP contribution in [0.4, 0.5) is 5.13 Å². The second-order valence-electron chi connectivity index (χ2n) is 7.02. The summed E-state index contributed by atoms with van der Waals surface area (Å²) in [7, 11) is 0. The predicted molar refractivity (Wildman–Crippen MR) is 138 cm³/mol. The monoisotopic (exact) mass is 552 g/mol. The highest BCUT2D eigenvalue weighted by molar-refractivity contribution is 7.80. The van der Waals surface area contributed by atoms with Crippen molar-refractivity contribution in [2.45, 2.75) is 30.6 Å². The fourth-order valence-electron chi connectivity index (χ4n) is 2.59. The van der Waals surface area contributed by atoms with E-state index < -0.39 is 11.1 Å². The number of nitrogens with zero attached hydrogens (tertiary/aromatic N) is 2. The zero-order chi connectivity index (χ0) is 26.3. The van der Waals surface area contributed by atoms with Gasteiger partial charge in [0, 0.05) is 17.7 Å². The molecule has 1 heterocycles. The standard InChI is InChI=1S/C20H21NO7S.C2H3N3S2/c22-19(3-1-2-13-27-21(24)25)26-14-12-15-4-8-17(9-5-15)28-20(23)16-6-10-18(29)11-7-16;3-1-4-5-2(6)7-1/h4-11,29H,1-3,12-14H2;(H2,3,4)(H,5,6). The molecule has 0 radical (unpaired) electrons. The average molecular weight is 553 g/mol. The van der Waals surface area contributed by atoms with Crippen molar-refractivity contribution in [3.05, 3.63) is 73.7 Å². The lowest BCUT2D eigenvalue weighted by Gasteiger charge is -2.07. The number of hydrogen-bond donors (Lipinski definition) is 3. The molecule has 0 bridgehead atoms. The fraction of sp³-hybridized carbons (Fsp3) is 0.273. The molecule has 0 spiro atoms. The number of nitrogens with one attached hydrogen (secondary N) is 1. The van der Waals surface area contributed by atoms with Gasteiger partial charge in [0.25, 0.3) is 5.09 Å². The van der Waals surface area contributed by atoms with Crippen LogP contribution in [0.1, 0.15) is 35.2 Å². The van der Waals surface area contributed by atoms with Crippen molar-refractivity contribution < 1.29 is 29.0 Å². The maximum atomic E-state index is 12.1. The lowest BCUT2D eigenvalue weighted by Crippen LogP contribution is -2.09. The van der Waals surface area contributed by atoms with E-state index in [-0.39, 0.29) is 25.6 Å². The van der Waals surface area contributed by atoms with Gasteiger partial charge in [0.15, 0.2) is 3.95 Å². The molecule has 1 aromatic heterocycles. The maximum Gasteiger partial charge on any atom is 0.343 e. The van der Waals surface area contributed by atoms with Gasteiger partial charge in [-0.2, -0.15) is 0 Å². The first-order valence-corrected chi connectivity index (χ1v) is 12.2. The van der Waals surface area contributed by atoms with Crippen molar-refractivity contribution in [1.29, 1.82) is 0 Å². The molecule has 3 N–H and O–H groups in total. The van der Waals surface area contributed by atoms with Gasteiger partial charge >= 0.3 is 11.9 Å². The minimum Gasteiger partial charge on any atom is -0.465 e. The second kappa shape index (κ2) is 15.5. The normalized spacial score (nSPS) is 10.0. The molecule has 3 aromatic rings. The quantitative estimate of drug-likeness (QED) is 0.0590. The van der Waals surface area contributed by atoms with Gasteiger partial charge in [-0.15, -0.1) is 27.8 Å². The minimum atomic E-state index is -0.857. The summed E-state index contributed by atoms with van der Waals surface area (Å²) in [5.74, 6) is -0.393. The first-order valence-electron chi connectivity index (χ1n) is 10.6. The van der Waals surface area contributed by atoms with Crippen LogP contribution in [0.25, 0.3) is 0 Å². The van der Waals surface area contributed by atoms with E-state index in [0.29, 0.717) is 39.7 Å². The van der Waals surface area contributed by atoms with Gasteiger partial charge < -0.3 is 20.0 Å². The number of ether oxygens (including phenoxy) is 2. The van der Waals surface area contributed by atoms with Gasteiger partial charge in [-0.3, -0.25) is 9.89 Å². The van der Waals surface area contributed by atoms with Crippen LogP contribution in [-0.4, -0.2) is 40.4 Å². The molecule has 0 aliphatic heterocycles. The van der Waals surface area contributed by atoms with Crippen LogP contribution in [0.5, 0.6) is 5.75 Å². The number of carbonyl (C=O) groups is 2. The smallest absolute Gasteiger partial charge is 0.343 e. The minimum absolute atomic E-state index is 0.0301. The lowest BCUT2D eigenvalue weighted by molar-refractivity contribution is -0.757. The van der Waals surface area contributed by atoms with Crippen LogP contribution in [0, 0.1) is 14.1 Å². The highest BCUT2D eigenvalue weighted by Crippen LogP contribution is 2.16. The van der Waals surface area contributed by atoms with Crippen molar-refractivity contribution >= 4 is 53.3 Å². The number of nitrogens with two attached hydrogens (primary N) is 1. The number of nitrogen functional groups attached to an aromatic ring is 1. The lowest BCUT2D eigenvalue weighted by atomic mass is 10.1. The molecule has 11 nitrogen and oxygen atoms in total. The van der Waals surface area contributed by atoms with Crippen LogP contribution in [-0.2, 0) is 20.8 Å². The summed E-state index contributed by atoms with van der Waals surface area (Å²) in [6.07, 6.45) is 1.58. The van der Waals surface area contributed by atoms with Gasteiger partial charge in [0.1, 0.15) is 5.75 Å². The van der Waals surface area contributed by atoms with E-state index in [4.69, 9.17) is 15.2 Å². The van der Waals surface area contributed by atoms with Gasteiger partial charge in [-0.25, -0.2) is 4.79 Å². The molecule has 0 aliphatic rings. The van der Waals surface area contributed by atoms with Gasteiger partial charge in [0.05, 0.1) is 18.8 Å². The van der Waals surface area contributed by atoms with E-state index in [2.05, 4.69) is 39.9 Å². The van der Waals surface area contributed by atoms with E-state index in [0.717, 1.165) is 10.5 Å². The molecule has 0 unspecified atom stereocenters. The largest absolute Gasteiger partial charge is 0.465 e. The molecule has 36 heavy (non-hydrogen) atoms. The number of H-pyrrole nitrogens is 1. The SMILES string of the molecule is Nc1n[nH]c(=S)s1.O=C(CCCCO[N+](=O)[O-])OCCc1ccc(OC(=O)c2ccc(S)cc2)cc1. The Morgan fingerprint density at radius 3 is 2.36 bits per heavy atom. The molecular weight excluding hydrogens is 528 g/mol. The summed E-state index contributed by atoms with van der Waals surface area (Å²) >= 11 is 10.1. The number of hydrogen-bond acceptors (Lipinski definition) is 12. The topological polar surface area (TPSA) is 160 Å². The van der Waals surface area contributed by atoms with Crippen molar-refractivity contribution in [2.75, 3.05) is 18.9 Å². The number of benzene rings is 2. The molecule has 3 rings (SSSR count). The number of anilines is 1. The summed E-state index contributed by atoms with van der Waals surface area (Å²) < 4.78 is 11.1. The summed E-state index contributed by atoms with van der Waals surface area (Å²) in [6.45, 7) is 0.192.